The highest BCUT2D eigenvalue weighted by molar-refractivity contribution is 5.64. The van der Waals surface area contributed by atoms with Gasteiger partial charge in [-0.2, -0.15) is 13.2 Å². The summed E-state index contributed by atoms with van der Waals surface area (Å²) in [6, 6.07) is 13.8. The van der Waals surface area contributed by atoms with E-state index in [1.807, 2.05) is 42.5 Å². The molecule has 1 saturated heterocycles. The molecule has 0 spiro atoms. The number of benzene rings is 1. The Bertz CT molecular complexity index is 866. The average molecular weight is 358 g/mol. The Morgan fingerprint density at radius 3 is 2.38 bits per heavy atom. The zero-order valence-corrected chi connectivity index (χ0v) is 13.9. The van der Waals surface area contributed by atoms with Gasteiger partial charge in [-0.15, -0.1) is 0 Å². The molecule has 1 aromatic carbocycles. The number of hydrogen-bond acceptors (Lipinski definition) is 3. The van der Waals surface area contributed by atoms with Crippen LogP contribution < -0.4 is 0 Å². The van der Waals surface area contributed by atoms with Gasteiger partial charge in [0.2, 0.25) is 0 Å². The van der Waals surface area contributed by atoms with E-state index in [1.165, 1.54) is 4.90 Å². The number of pyridine rings is 1. The zero-order chi connectivity index (χ0) is 18.1. The Balaban J connectivity index is 1.42. The molecule has 0 atom stereocenters. The number of hydrogen-bond donors (Lipinski definition) is 1. The highest BCUT2D eigenvalue weighted by Crippen LogP contribution is 2.30. The van der Waals surface area contributed by atoms with Crippen molar-refractivity contribution in [3.63, 3.8) is 0 Å². The molecule has 4 rings (SSSR count). The van der Waals surface area contributed by atoms with Crippen LogP contribution in [0, 0.1) is 0 Å². The van der Waals surface area contributed by atoms with Gasteiger partial charge in [-0.3, -0.25) is 9.88 Å². The summed E-state index contributed by atoms with van der Waals surface area (Å²) in [5.41, 5.74) is 3.65. The second kappa shape index (κ2) is 6.57. The van der Waals surface area contributed by atoms with Crippen LogP contribution in [0.4, 0.5) is 13.2 Å². The van der Waals surface area contributed by atoms with Crippen molar-refractivity contribution in [2.45, 2.75) is 12.1 Å². The second-order valence-corrected chi connectivity index (χ2v) is 6.49. The SMILES string of the molecule is FC(F)(F)CN1CC(c2ncc(-c3ccc(-c4ccccc4)nc3)[nH]2)C1. The lowest BCUT2D eigenvalue weighted by molar-refractivity contribution is -0.155. The van der Waals surface area contributed by atoms with E-state index in [-0.39, 0.29) is 5.92 Å². The zero-order valence-electron chi connectivity index (χ0n) is 13.9. The lowest BCUT2D eigenvalue weighted by atomic mass is 9.99. The molecule has 3 heterocycles. The number of likely N-dealkylation sites (tertiary alicyclic amines) is 1. The summed E-state index contributed by atoms with van der Waals surface area (Å²) in [6.45, 7) is -0.114. The smallest absolute Gasteiger partial charge is 0.342 e. The van der Waals surface area contributed by atoms with Crippen LogP contribution in [0.1, 0.15) is 11.7 Å². The summed E-state index contributed by atoms with van der Waals surface area (Å²) in [6.07, 6.45) is -0.664. The Labute approximate surface area is 148 Å². The third-order valence-electron chi connectivity index (χ3n) is 4.49. The predicted molar refractivity (Wildman–Crippen MR) is 92.5 cm³/mol. The number of H-pyrrole nitrogens is 1. The highest BCUT2D eigenvalue weighted by atomic mass is 19.4. The maximum absolute atomic E-state index is 12.4. The van der Waals surface area contributed by atoms with E-state index in [9.17, 15) is 13.2 Å². The lowest BCUT2D eigenvalue weighted by Gasteiger charge is -2.38. The summed E-state index contributed by atoms with van der Waals surface area (Å²) in [7, 11) is 0. The molecule has 0 unspecified atom stereocenters. The van der Waals surface area contributed by atoms with Crippen molar-refractivity contribution < 1.29 is 13.2 Å². The van der Waals surface area contributed by atoms with Crippen LogP contribution >= 0.6 is 0 Å². The van der Waals surface area contributed by atoms with Crippen LogP contribution in [0.2, 0.25) is 0 Å². The summed E-state index contributed by atoms with van der Waals surface area (Å²) in [5.74, 6) is 0.744. The normalized spacial score (nSPS) is 15.8. The minimum Gasteiger partial charge on any atom is -0.342 e. The van der Waals surface area contributed by atoms with Crippen LogP contribution in [-0.4, -0.2) is 45.7 Å². The van der Waals surface area contributed by atoms with Gasteiger partial charge >= 0.3 is 6.18 Å². The van der Waals surface area contributed by atoms with Crippen molar-refractivity contribution in [2.24, 2.45) is 0 Å². The number of aromatic nitrogens is 3. The molecule has 1 aliphatic rings. The molecule has 4 nitrogen and oxygen atoms in total. The van der Waals surface area contributed by atoms with Crippen molar-refractivity contribution in [2.75, 3.05) is 19.6 Å². The minimum absolute atomic E-state index is 0.0163. The van der Waals surface area contributed by atoms with Crippen LogP contribution in [0.5, 0.6) is 0 Å². The molecular weight excluding hydrogens is 341 g/mol. The number of nitrogens with zero attached hydrogens (tertiary/aromatic N) is 3. The predicted octanol–water partition coefficient (Wildman–Crippen LogP) is 4.10. The van der Waals surface area contributed by atoms with Gasteiger partial charge in [-0.25, -0.2) is 4.98 Å². The van der Waals surface area contributed by atoms with Crippen LogP contribution in [-0.2, 0) is 0 Å². The van der Waals surface area contributed by atoms with Crippen LogP contribution in [0.25, 0.3) is 22.5 Å². The summed E-state index contributed by atoms with van der Waals surface area (Å²) >= 11 is 0. The van der Waals surface area contributed by atoms with E-state index in [0.717, 1.165) is 28.3 Å². The van der Waals surface area contributed by atoms with Crippen LogP contribution in [0.3, 0.4) is 0 Å². The maximum atomic E-state index is 12.4. The molecule has 1 fully saturated rings. The number of halogens is 3. The van der Waals surface area contributed by atoms with Gasteiger partial charge < -0.3 is 4.98 Å². The first-order valence-electron chi connectivity index (χ1n) is 8.34. The molecule has 3 aromatic rings. The minimum atomic E-state index is -4.15. The number of nitrogens with one attached hydrogen (secondary N) is 1. The quantitative estimate of drug-likeness (QED) is 0.764. The van der Waals surface area contributed by atoms with E-state index in [2.05, 4.69) is 15.0 Å². The highest BCUT2D eigenvalue weighted by Gasteiger charge is 2.38. The number of imidazole rings is 1. The first-order valence-corrected chi connectivity index (χ1v) is 8.34. The molecule has 0 amide bonds. The second-order valence-electron chi connectivity index (χ2n) is 6.49. The molecule has 134 valence electrons. The van der Waals surface area contributed by atoms with Crippen molar-refractivity contribution in [1.82, 2.24) is 19.9 Å². The third kappa shape index (κ3) is 3.62. The summed E-state index contributed by atoms with van der Waals surface area (Å²) < 4.78 is 37.1. The Kier molecular flexibility index (Phi) is 4.24. The summed E-state index contributed by atoms with van der Waals surface area (Å²) in [4.78, 5) is 13.4. The van der Waals surface area contributed by atoms with Crippen molar-refractivity contribution >= 4 is 0 Å². The van der Waals surface area contributed by atoms with E-state index in [1.54, 1.807) is 12.4 Å². The first-order chi connectivity index (χ1) is 12.5. The lowest BCUT2D eigenvalue weighted by Crippen LogP contribution is -2.49. The molecule has 1 aliphatic heterocycles. The Hall–Kier alpha value is -2.67. The van der Waals surface area contributed by atoms with Gasteiger partial charge in [0, 0.05) is 36.3 Å². The number of rotatable bonds is 4. The summed E-state index contributed by atoms with van der Waals surface area (Å²) in [5, 5.41) is 0. The molecular formula is C19H17F3N4. The first kappa shape index (κ1) is 16.8. The number of aromatic amines is 1. The third-order valence-corrected chi connectivity index (χ3v) is 4.49. The van der Waals surface area contributed by atoms with E-state index in [0.29, 0.717) is 13.1 Å². The Morgan fingerprint density at radius 2 is 1.73 bits per heavy atom. The molecule has 2 aromatic heterocycles. The fourth-order valence-electron chi connectivity index (χ4n) is 3.15. The molecule has 0 radical (unpaired) electrons. The van der Waals surface area contributed by atoms with E-state index in [4.69, 9.17) is 0 Å². The van der Waals surface area contributed by atoms with E-state index >= 15 is 0 Å². The van der Waals surface area contributed by atoms with E-state index < -0.39 is 12.7 Å². The van der Waals surface area contributed by atoms with Gasteiger partial charge in [0.1, 0.15) is 5.82 Å². The standard InChI is InChI=1S/C19H17F3N4/c20-19(21,22)12-26-10-15(11-26)18-24-9-17(25-18)14-6-7-16(23-8-14)13-4-2-1-3-5-13/h1-9,15H,10-12H2,(H,24,25). The van der Waals surface area contributed by atoms with Crippen molar-refractivity contribution in [3.05, 3.63) is 60.7 Å². The maximum Gasteiger partial charge on any atom is 0.401 e. The molecule has 0 bridgehead atoms. The van der Waals surface area contributed by atoms with Crippen LogP contribution in [0.15, 0.2) is 54.9 Å². The van der Waals surface area contributed by atoms with Gasteiger partial charge in [0.05, 0.1) is 24.1 Å². The fraction of sp³-hybridized carbons (Fsp3) is 0.263. The average Bonchev–Trinajstić information content (AvgIpc) is 3.07. The topological polar surface area (TPSA) is 44.8 Å². The fourth-order valence-corrected chi connectivity index (χ4v) is 3.15. The molecule has 7 heteroatoms. The number of alkyl halides is 3. The van der Waals surface area contributed by atoms with Gasteiger partial charge in [-0.1, -0.05) is 30.3 Å². The molecule has 0 saturated carbocycles. The molecule has 0 aliphatic carbocycles. The largest absolute Gasteiger partial charge is 0.401 e. The molecule has 1 N–H and O–H groups in total. The van der Waals surface area contributed by atoms with Gasteiger partial charge in [0.25, 0.3) is 0 Å². The van der Waals surface area contributed by atoms with Gasteiger partial charge in [0.15, 0.2) is 0 Å². The monoisotopic (exact) mass is 358 g/mol. The van der Waals surface area contributed by atoms with Gasteiger partial charge in [-0.05, 0) is 12.1 Å². The van der Waals surface area contributed by atoms with Crippen molar-refractivity contribution in [1.29, 1.82) is 0 Å². The van der Waals surface area contributed by atoms with Crippen molar-refractivity contribution in [3.8, 4) is 22.5 Å². The Morgan fingerprint density at radius 1 is 0.962 bits per heavy atom. The molecule has 26 heavy (non-hydrogen) atoms.